The highest BCUT2D eigenvalue weighted by molar-refractivity contribution is 7.44. The quantitative estimate of drug-likeness (QED) is 0.435. The van der Waals surface area contributed by atoms with Crippen molar-refractivity contribution in [2.75, 3.05) is 5.32 Å². The van der Waals surface area contributed by atoms with Gasteiger partial charge in [0.05, 0.1) is 11.7 Å². The van der Waals surface area contributed by atoms with Gasteiger partial charge in [-0.15, -0.1) is 0 Å². The molecule has 0 spiro atoms. The molecule has 2 N–H and O–H groups in total. The van der Waals surface area contributed by atoms with E-state index >= 15 is 0 Å². The Balaban J connectivity index is 1.25. The molecular formula is C22H21F2N6OS+. The Morgan fingerprint density at radius 2 is 1.97 bits per heavy atom. The van der Waals surface area contributed by atoms with Crippen LogP contribution in [0, 0.1) is 0 Å². The largest absolute Gasteiger partial charge is 0.435 e. The first-order valence-corrected chi connectivity index (χ1v) is 10.8. The number of carbonyl (C=O) groups excluding carboxylic acids is 1. The third kappa shape index (κ3) is 3.75. The SMILES string of the molecule is O=C(c1cccc2cn[nH]c12)[N+](=S)[C@H]1CC[C@@H](Nc2cccc3nc(C(F)F)cn23)CC1. The van der Waals surface area contributed by atoms with Crippen LogP contribution in [0.3, 0.4) is 0 Å². The zero-order chi connectivity index (χ0) is 22.2. The van der Waals surface area contributed by atoms with E-state index in [0.29, 0.717) is 16.7 Å². The summed E-state index contributed by atoms with van der Waals surface area (Å²) >= 11 is 5.50. The molecule has 1 fully saturated rings. The van der Waals surface area contributed by atoms with Gasteiger partial charge < -0.3 is 5.32 Å². The smallest absolute Gasteiger partial charge is 0.368 e. The summed E-state index contributed by atoms with van der Waals surface area (Å²) in [6.07, 6.45) is 3.58. The van der Waals surface area contributed by atoms with Crippen molar-refractivity contribution < 1.29 is 17.5 Å². The number of hydrogen-bond acceptors (Lipinski definition) is 5. The second kappa shape index (κ2) is 8.34. The Morgan fingerprint density at radius 1 is 1.19 bits per heavy atom. The molecule has 0 unspecified atom stereocenters. The maximum atomic E-state index is 13.0. The van der Waals surface area contributed by atoms with Crippen molar-refractivity contribution in [3.8, 4) is 0 Å². The van der Waals surface area contributed by atoms with Crippen LogP contribution >= 0.6 is 0 Å². The van der Waals surface area contributed by atoms with Crippen molar-refractivity contribution in [2.45, 2.75) is 44.2 Å². The van der Waals surface area contributed by atoms with E-state index in [1.54, 1.807) is 28.8 Å². The summed E-state index contributed by atoms with van der Waals surface area (Å²) in [4.78, 5) is 17.0. The number of anilines is 1. The number of fused-ring (bicyclic) bond motifs is 2. The highest BCUT2D eigenvalue weighted by Crippen LogP contribution is 2.27. The lowest BCUT2D eigenvalue weighted by molar-refractivity contribution is -0.448. The summed E-state index contributed by atoms with van der Waals surface area (Å²) in [5, 5.41) is 11.2. The Kier molecular flexibility index (Phi) is 5.38. The number of H-pyrrole nitrogens is 1. The van der Waals surface area contributed by atoms with E-state index in [0.717, 1.165) is 36.9 Å². The summed E-state index contributed by atoms with van der Waals surface area (Å²) in [5.74, 6) is 0.525. The van der Waals surface area contributed by atoms with Crippen molar-refractivity contribution in [3.63, 3.8) is 0 Å². The van der Waals surface area contributed by atoms with Gasteiger partial charge in [0, 0.05) is 30.5 Å². The van der Waals surface area contributed by atoms with Crippen LogP contribution in [0.15, 0.2) is 48.8 Å². The van der Waals surface area contributed by atoms with Crippen LogP contribution in [0.2, 0.25) is 0 Å². The maximum absolute atomic E-state index is 13.0. The number of aromatic nitrogens is 4. The molecule has 1 amide bonds. The summed E-state index contributed by atoms with van der Waals surface area (Å²) in [5.41, 5.74) is 1.46. The van der Waals surface area contributed by atoms with Crippen LogP contribution in [0.4, 0.5) is 14.6 Å². The first kappa shape index (κ1) is 20.6. The fourth-order valence-corrected chi connectivity index (χ4v) is 4.66. The molecule has 10 heteroatoms. The third-order valence-electron chi connectivity index (χ3n) is 6.02. The molecule has 164 valence electrons. The fourth-order valence-electron chi connectivity index (χ4n) is 4.35. The third-order valence-corrected chi connectivity index (χ3v) is 6.49. The van der Waals surface area contributed by atoms with Gasteiger partial charge in [0.1, 0.15) is 22.7 Å². The lowest BCUT2D eigenvalue weighted by atomic mass is 9.91. The number of para-hydroxylation sites is 1. The van der Waals surface area contributed by atoms with Gasteiger partial charge in [0.25, 0.3) is 18.9 Å². The average Bonchev–Trinajstić information content (AvgIpc) is 3.46. The first-order valence-electron chi connectivity index (χ1n) is 10.5. The van der Waals surface area contributed by atoms with E-state index in [1.165, 1.54) is 10.1 Å². The molecule has 0 saturated heterocycles. The summed E-state index contributed by atoms with van der Waals surface area (Å²) in [6.45, 7) is 0. The number of halogens is 2. The Morgan fingerprint density at radius 3 is 2.75 bits per heavy atom. The number of rotatable bonds is 5. The van der Waals surface area contributed by atoms with Gasteiger partial charge in [-0.2, -0.15) is 5.10 Å². The molecule has 3 aromatic heterocycles. The number of imidazole rings is 1. The number of pyridine rings is 1. The zero-order valence-electron chi connectivity index (χ0n) is 17.0. The molecular weight excluding hydrogens is 434 g/mol. The molecule has 0 aliphatic heterocycles. The zero-order valence-corrected chi connectivity index (χ0v) is 17.9. The summed E-state index contributed by atoms with van der Waals surface area (Å²) in [6, 6.07) is 10.9. The van der Waals surface area contributed by atoms with Gasteiger partial charge in [-0.05, 0) is 31.0 Å². The number of carbonyl (C=O) groups is 1. The van der Waals surface area contributed by atoms with Crippen LogP contribution in [0.1, 0.15) is 48.2 Å². The van der Waals surface area contributed by atoms with Gasteiger partial charge in [-0.3, -0.25) is 9.50 Å². The molecule has 1 saturated carbocycles. The highest BCUT2D eigenvalue weighted by Gasteiger charge is 2.35. The Hall–Kier alpha value is -3.27. The van der Waals surface area contributed by atoms with Crippen LogP contribution in [0.5, 0.6) is 0 Å². The van der Waals surface area contributed by atoms with Crippen LogP contribution in [0.25, 0.3) is 16.6 Å². The van der Waals surface area contributed by atoms with E-state index in [9.17, 15) is 13.6 Å². The lowest BCUT2D eigenvalue weighted by Gasteiger charge is -2.26. The molecule has 3 heterocycles. The van der Waals surface area contributed by atoms with Crippen molar-refractivity contribution in [3.05, 3.63) is 60.0 Å². The van der Waals surface area contributed by atoms with Gasteiger partial charge in [-0.1, -0.05) is 22.1 Å². The van der Waals surface area contributed by atoms with Crippen molar-refractivity contribution in [1.82, 2.24) is 19.6 Å². The number of aromatic amines is 1. The molecule has 1 aromatic carbocycles. The lowest BCUT2D eigenvalue weighted by Crippen LogP contribution is -2.37. The van der Waals surface area contributed by atoms with Crippen LogP contribution in [-0.2, 0) is 12.4 Å². The predicted octanol–water partition coefficient (Wildman–Crippen LogP) is 4.45. The summed E-state index contributed by atoms with van der Waals surface area (Å²) in [7, 11) is 0. The van der Waals surface area contributed by atoms with Crippen molar-refractivity contribution in [1.29, 1.82) is 0 Å². The Labute approximate surface area is 187 Å². The molecule has 0 radical (unpaired) electrons. The summed E-state index contributed by atoms with van der Waals surface area (Å²) < 4.78 is 29.1. The van der Waals surface area contributed by atoms with Gasteiger partial charge >= 0.3 is 5.91 Å². The van der Waals surface area contributed by atoms with Crippen molar-refractivity contribution in [2.24, 2.45) is 0 Å². The molecule has 32 heavy (non-hydrogen) atoms. The number of alkyl halides is 2. The average molecular weight is 456 g/mol. The predicted molar refractivity (Wildman–Crippen MR) is 118 cm³/mol. The van der Waals surface area contributed by atoms with E-state index < -0.39 is 6.43 Å². The molecule has 5 rings (SSSR count). The van der Waals surface area contributed by atoms with Gasteiger partial charge in [0.15, 0.2) is 6.04 Å². The number of nitrogens with one attached hydrogen (secondary N) is 2. The van der Waals surface area contributed by atoms with Crippen LogP contribution in [-0.4, -0.2) is 41.5 Å². The van der Waals surface area contributed by atoms with E-state index in [-0.39, 0.29) is 23.7 Å². The Bertz CT molecular complexity index is 1310. The highest BCUT2D eigenvalue weighted by atomic mass is 32.1. The monoisotopic (exact) mass is 455 g/mol. The van der Waals surface area contributed by atoms with E-state index in [4.69, 9.17) is 12.4 Å². The standard InChI is InChI=1S/C22H20F2N6OS/c23-21(24)17-12-29-18(5-2-6-19(29)27-17)26-14-7-9-15(10-8-14)30(32)22(31)16-4-1-3-13-11-25-28-20(13)16/h1-6,11-12,14-15,21H,7-10H2,(H-,25,26,27,28,31)/p+1/t14-,15+. The van der Waals surface area contributed by atoms with Crippen molar-refractivity contribution >= 4 is 40.7 Å². The second-order valence-electron chi connectivity index (χ2n) is 8.03. The molecule has 0 atom stereocenters. The topological polar surface area (TPSA) is 78.1 Å². The minimum atomic E-state index is -2.61. The molecule has 1 aliphatic rings. The first-order chi connectivity index (χ1) is 15.5. The van der Waals surface area contributed by atoms with Crippen LogP contribution < -0.4 is 5.32 Å². The van der Waals surface area contributed by atoms with E-state index in [2.05, 4.69) is 20.5 Å². The molecule has 0 bridgehead atoms. The molecule has 1 aliphatic carbocycles. The number of amides is 1. The van der Waals surface area contributed by atoms with E-state index in [1.807, 2.05) is 18.2 Å². The minimum Gasteiger partial charge on any atom is -0.368 e. The molecule has 4 aromatic rings. The number of nitrogens with zero attached hydrogens (tertiary/aromatic N) is 4. The molecule has 7 nitrogen and oxygen atoms in total. The number of hydrogen-bond donors (Lipinski definition) is 2. The van der Waals surface area contributed by atoms with Gasteiger partial charge in [0.2, 0.25) is 0 Å². The fraction of sp³-hybridized carbons (Fsp3) is 0.318. The van der Waals surface area contributed by atoms with Gasteiger partial charge in [-0.25, -0.2) is 18.6 Å². The second-order valence-corrected chi connectivity index (χ2v) is 8.42. The normalized spacial score (nSPS) is 19.0. The maximum Gasteiger partial charge on any atom is 0.435 e. The minimum absolute atomic E-state index is 0.0387. The number of benzene rings is 1.